The summed E-state index contributed by atoms with van der Waals surface area (Å²) in [5.74, 6) is 0. The molecular formula is C9H10BrN3O. The molecule has 14 heavy (non-hydrogen) atoms. The quantitative estimate of drug-likeness (QED) is 0.845. The first-order chi connectivity index (χ1) is 6.74. The lowest BCUT2D eigenvalue weighted by Gasteiger charge is -2.03. The summed E-state index contributed by atoms with van der Waals surface area (Å²) in [5, 5.41) is 8.94. The van der Waals surface area contributed by atoms with Gasteiger partial charge in [0.1, 0.15) is 10.3 Å². The number of aliphatic hydroxyl groups is 1. The van der Waals surface area contributed by atoms with Gasteiger partial charge >= 0.3 is 0 Å². The first-order valence-electron chi connectivity index (χ1n) is 4.23. The summed E-state index contributed by atoms with van der Waals surface area (Å²) >= 11 is 3.40. The Morgan fingerprint density at radius 3 is 3.00 bits per heavy atom. The van der Waals surface area contributed by atoms with Crippen molar-refractivity contribution in [3.63, 3.8) is 0 Å². The van der Waals surface area contributed by atoms with E-state index in [1.807, 2.05) is 28.8 Å². The highest BCUT2D eigenvalue weighted by atomic mass is 79.9. The van der Waals surface area contributed by atoms with E-state index in [1.165, 1.54) is 0 Å². The molecule has 0 aliphatic carbocycles. The molecule has 0 radical (unpaired) electrons. The molecule has 5 heteroatoms. The van der Waals surface area contributed by atoms with E-state index in [2.05, 4.69) is 20.9 Å². The lowest BCUT2D eigenvalue weighted by Crippen LogP contribution is -2.15. The minimum Gasteiger partial charge on any atom is -0.394 e. The van der Waals surface area contributed by atoms with Gasteiger partial charge in [0.25, 0.3) is 0 Å². The minimum atomic E-state index is -0.440. The standard InChI is InChI=1S/C9H10BrN3O/c10-9-8(6(11)5-14)12-7-3-1-2-4-13(7)9/h1-4,6,14H,5,11H2. The van der Waals surface area contributed by atoms with Crippen LogP contribution in [-0.4, -0.2) is 21.1 Å². The van der Waals surface area contributed by atoms with Gasteiger partial charge in [0.05, 0.1) is 18.3 Å². The SMILES string of the molecule is NC(CO)c1nc2ccccn2c1Br. The second-order valence-corrected chi connectivity index (χ2v) is 3.76. The van der Waals surface area contributed by atoms with Crippen LogP contribution in [0.1, 0.15) is 11.7 Å². The Labute approximate surface area is 89.5 Å². The van der Waals surface area contributed by atoms with Crippen LogP contribution in [0.3, 0.4) is 0 Å². The molecule has 0 saturated carbocycles. The molecule has 0 spiro atoms. The Hall–Kier alpha value is -0.910. The van der Waals surface area contributed by atoms with E-state index in [-0.39, 0.29) is 6.61 Å². The van der Waals surface area contributed by atoms with Gasteiger partial charge in [-0.2, -0.15) is 0 Å². The monoisotopic (exact) mass is 255 g/mol. The zero-order chi connectivity index (χ0) is 10.1. The molecule has 2 heterocycles. The van der Waals surface area contributed by atoms with Gasteiger partial charge in [0.2, 0.25) is 0 Å². The zero-order valence-corrected chi connectivity index (χ0v) is 8.98. The lowest BCUT2D eigenvalue weighted by molar-refractivity contribution is 0.266. The largest absolute Gasteiger partial charge is 0.394 e. The van der Waals surface area contributed by atoms with Crippen LogP contribution >= 0.6 is 15.9 Å². The maximum atomic E-state index is 8.94. The topological polar surface area (TPSA) is 63.5 Å². The molecule has 74 valence electrons. The molecule has 0 bridgehead atoms. The van der Waals surface area contributed by atoms with Crippen molar-refractivity contribution in [1.82, 2.24) is 9.38 Å². The van der Waals surface area contributed by atoms with E-state index >= 15 is 0 Å². The molecule has 4 nitrogen and oxygen atoms in total. The molecule has 2 aromatic heterocycles. The van der Waals surface area contributed by atoms with E-state index in [9.17, 15) is 0 Å². The normalized spacial score (nSPS) is 13.4. The number of hydrogen-bond donors (Lipinski definition) is 2. The first kappa shape index (κ1) is 9.64. The number of nitrogens with zero attached hydrogens (tertiary/aromatic N) is 2. The molecule has 2 aromatic rings. The summed E-state index contributed by atoms with van der Waals surface area (Å²) in [5.41, 5.74) is 7.20. The molecule has 1 atom stereocenters. The van der Waals surface area contributed by atoms with Crippen LogP contribution in [-0.2, 0) is 0 Å². The maximum absolute atomic E-state index is 8.94. The van der Waals surface area contributed by atoms with Crippen LogP contribution in [0, 0.1) is 0 Å². The third-order valence-electron chi connectivity index (χ3n) is 2.04. The highest BCUT2D eigenvalue weighted by Gasteiger charge is 2.14. The van der Waals surface area contributed by atoms with Gasteiger partial charge in [-0.05, 0) is 28.1 Å². The van der Waals surface area contributed by atoms with Crippen LogP contribution < -0.4 is 5.73 Å². The number of imidazole rings is 1. The Kier molecular flexibility index (Phi) is 2.54. The van der Waals surface area contributed by atoms with E-state index in [0.717, 1.165) is 10.3 Å². The van der Waals surface area contributed by atoms with Crippen molar-refractivity contribution in [2.45, 2.75) is 6.04 Å². The van der Waals surface area contributed by atoms with Gasteiger partial charge in [-0.3, -0.25) is 4.40 Å². The number of rotatable bonds is 2. The number of pyridine rings is 1. The fourth-order valence-corrected chi connectivity index (χ4v) is 1.99. The Morgan fingerprint density at radius 1 is 1.57 bits per heavy atom. The molecule has 2 rings (SSSR count). The van der Waals surface area contributed by atoms with Crippen molar-refractivity contribution in [2.24, 2.45) is 5.73 Å². The Balaban J connectivity index is 2.62. The van der Waals surface area contributed by atoms with E-state index in [4.69, 9.17) is 10.8 Å². The molecule has 0 saturated heterocycles. The minimum absolute atomic E-state index is 0.109. The van der Waals surface area contributed by atoms with E-state index in [0.29, 0.717) is 5.69 Å². The van der Waals surface area contributed by atoms with Crippen molar-refractivity contribution in [1.29, 1.82) is 0 Å². The highest BCUT2D eigenvalue weighted by Crippen LogP contribution is 2.22. The summed E-state index contributed by atoms with van der Waals surface area (Å²) in [6, 6.07) is 5.26. The number of aromatic nitrogens is 2. The Morgan fingerprint density at radius 2 is 2.36 bits per heavy atom. The van der Waals surface area contributed by atoms with Crippen molar-refractivity contribution in [2.75, 3.05) is 6.61 Å². The molecular weight excluding hydrogens is 246 g/mol. The average molecular weight is 256 g/mol. The lowest BCUT2D eigenvalue weighted by atomic mass is 10.2. The summed E-state index contributed by atoms with van der Waals surface area (Å²) in [6.07, 6.45) is 1.89. The van der Waals surface area contributed by atoms with Crippen molar-refractivity contribution in [3.8, 4) is 0 Å². The van der Waals surface area contributed by atoms with Gasteiger partial charge < -0.3 is 10.8 Å². The van der Waals surface area contributed by atoms with Crippen molar-refractivity contribution >= 4 is 21.6 Å². The van der Waals surface area contributed by atoms with Gasteiger partial charge in [0, 0.05) is 6.20 Å². The van der Waals surface area contributed by atoms with Gasteiger partial charge in [-0.1, -0.05) is 6.07 Å². The number of halogens is 1. The second-order valence-electron chi connectivity index (χ2n) is 3.01. The predicted molar refractivity (Wildman–Crippen MR) is 56.9 cm³/mol. The van der Waals surface area contributed by atoms with Gasteiger partial charge in [-0.15, -0.1) is 0 Å². The van der Waals surface area contributed by atoms with Crippen LogP contribution in [0.4, 0.5) is 0 Å². The average Bonchev–Trinajstić information content (AvgIpc) is 2.56. The molecule has 0 aliphatic heterocycles. The summed E-state index contributed by atoms with van der Waals surface area (Å²) in [4.78, 5) is 4.31. The molecule has 0 aromatic carbocycles. The first-order valence-corrected chi connectivity index (χ1v) is 5.02. The fourth-order valence-electron chi connectivity index (χ4n) is 1.31. The van der Waals surface area contributed by atoms with Crippen molar-refractivity contribution in [3.05, 3.63) is 34.7 Å². The number of nitrogens with two attached hydrogens (primary N) is 1. The smallest absolute Gasteiger partial charge is 0.137 e. The molecule has 0 amide bonds. The molecule has 0 fully saturated rings. The summed E-state index contributed by atoms with van der Waals surface area (Å²) < 4.78 is 2.68. The van der Waals surface area contributed by atoms with E-state index < -0.39 is 6.04 Å². The summed E-state index contributed by atoms with van der Waals surface area (Å²) in [7, 11) is 0. The van der Waals surface area contributed by atoms with Gasteiger partial charge in [0.15, 0.2) is 0 Å². The number of aliphatic hydroxyl groups excluding tert-OH is 1. The fraction of sp³-hybridized carbons (Fsp3) is 0.222. The van der Waals surface area contributed by atoms with Crippen LogP contribution in [0.15, 0.2) is 29.0 Å². The van der Waals surface area contributed by atoms with Crippen molar-refractivity contribution < 1.29 is 5.11 Å². The maximum Gasteiger partial charge on any atom is 0.137 e. The summed E-state index contributed by atoms with van der Waals surface area (Å²) in [6.45, 7) is -0.109. The number of hydrogen-bond acceptors (Lipinski definition) is 3. The molecule has 3 N–H and O–H groups in total. The third kappa shape index (κ3) is 1.43. The van der Waals surface area contributed by atoms with Crippen LogP contribution in [0.2, 0.25) is 0 Å². The third-order valence-corrected chi connectivity index (χ3v) is 2.83. The Bertz CT molecular complexity index is 454. The number of fused-ring (bicyclic) bond motifs is 1. The zero-order valence-electron chi connectivity index (χ0n) is 7.39. The molecule has 1 unspecified atom stereocenters. The molecule has 0 aliphatic rings. The van der Waals surface area contributed by atoms with Crippen LogP contribution in [0.5, 0.6) is 0 Å². The van der Waals surface area contributed by atoms with E-state index in [1.54, 1.807) is 0 Å². The van der Waals surface area contributed by atoms with Gasteiger partial charge in [-0.25, -0.2) is 4.98 Å². The highest BCUT2D eigenvalue weighted by molar-refractivity contribution is 9.10. The second kappa shape index (κ2) is 3.68. The van der Waals surface area contributed by atoms with Crippen LogP contribution in [0.25, 0.3) is 5.65 Å². The predicted octanol–water partition coefficient (Wildman–Crippen LogP) is 1.09.